The van der Waals surface area contributed by atoms with Crippen LogP contribution in [0, 0.1) is 23.2 Å². The number of anilines is 1. The fourth-order valence-corrected chi connectivity index (χ4v) is 3.13. The van der Waals surface area contributed by atoms with Crippen LogP contribution in [-0.2, 0) is 4.79 Å². The number of fused-ring (bicyclic) bond motifs is 1. The third-order valence-electron chi connectivity index (χ3n) is 5.13. The van der Waals surface area contributed by atoms with Gasteiger partial charge in [-0.15, -0.1) is 0 Å². The first-order chi connectivity index (χ1) is 13.7. The molecule has 2 aliphatic rings. The van der Waals surface area contributed by atoms with Gasteiger partial charge in [0.1, 0.15) is 17.5 Å². The van der Waals surface area contributed by atoms with Crippen LogP contribution in [0.1, 0.15) is 31.4 Å². The van der Waals surface area contributed by atoms with Gasteiger partial charge in [0.25, 0.3) is 0 Å². The zero-order valence-electron chi connectivity index (χ0n) is 15.3. The van der Waals surface area contributed by atoms with E-state index in [0.717, 1.165) is 29.5 Å². The summed E-state index contributed by atoms with van der Waals surface area (Å²) in [5.74, 6) is 2.02. The average molecular weight is 373 g/mol. The number of rotatable bonds is 6. The third-order valence-corrected chi connectivity index (χ3v) is 5.13. The maximum atomic E-state index is 12.0. The maximum Gasteiger partial charge on any atom is 0.228 e. The van der Waals surface area contributed by atoms with Crippen LogP contribution in [0.4, 0.5) is 5.82 Å². The molecule has 5 rings (SSSR count). The lowest BCUT2D eigenvalue weighted by molar-refractivity contribution is -0.117. The van der Waals surface area contributed by atoms with Crippen LogP contribution in [0.25, 0.3) is 16.6 Å². The lowest BCUT2D eigenvalue weighted by Crippen LogP contribution is -2.13. The Morgan fingerprint density at radius 3 is 2.89 bits per heavy atom. The number of aromatic nitrogens is 3. The predicted octanol–water partition coefficient (Wildman–Crippen LogP) is 3.41. The number of nitriles is 1. The molecular formula is C21H19N5O2. The number of carbonyl (C=O) groups excluding carboxylic acids is 1. The van der Waals surface area contributed by atoms with Gasteiger partial charge in [0.2, 0.25) is 5.91 Å². The normalized spacial score (nSPS) is 16.0. The summed E-state index contributed by atoms with van der Waals surface area (Å²) in [6.45, 7) is 0.673. The molecule has 0 aliphatic heterocycles. The highest BCUT2D eigenvalue weighted by molar-refractivity contribution is 5.93. The van der Waals surface area contributed by atoms with Gasteiger partial charge in [-0.25, -0.2) is 9.50 Å². The molecular weight excluding hydrogens is 354 g/mol. The van der Waals surface area contributed by atoms with E-state index in [1.54, 1.807) is 16.8 Å². The fourth-order valence-electron chi connectivity index (χ4n) is 3.13. The maximum absolute atomic E-state index is 12.0. The Morgan fingerprint density at radius 2 is 2.14 bits per heavy atom. The minimum Gasteiger partial charge on any atom is -0.491 e. The van der Waals surface area contributed by atoms with Crippen LogP contribution in [0.3, 0.4) is 0 Å². The molecule has 0 aromatic carbocycles. The zero-order chi connectivity index (χ0) is 19.1. The van der Waals surface area contributed by atoms with E-state index >= 15 is 0 Å². The first kappa shape index (κ1) is 16.8. The Labute approximate surface area is 162 Å². The molecule has 7 nitrogen and oxygen atoms in total. The van der Waals surface area contributed by atoms with Crippen molar-refractivity contribution in [1.29, 1.82) is 5.26 Å². The number of hydrogen-bond acceptors (Lipinski definition) is 5. The van der Waals surface area contributed by atoms with Gasteiger partial charge in [-0.2, -0.15) is 10.4 Å². The number of ether oxygens (including phenoxy) is 1. The monoisotopic (exact) mass is 373 g/mol. The molecule has 0 atom stereocenters. The summed E-state index contributed by atoms with van der Waals surface area (Å²) >= 11 is 0. The summed E-state index contributed by atoms with van der Waals surface area (Å²) in [5, 5.41) is 16.5. The van der Waals surface area contributed by atoms with Gasteiger partial charge in [0.15, 0.2) is 5.82 Å². The zero-order valence-corrected chi connectivity index (χ0v) is 15.3. The number of amides is 1. The molecule has 2 fully saturated rings. The molecule has 0 saturated heterocycles. The Bertz CT molecular complexity index is 1110. The number of nitrogens with zero attached hydrogens (tertiary/aromatic N) is 4. The van der Waals surface area contributed by atoms with E-state index in [2.05, 4.69) is 21.5 Å². The van der Waals surface area contributed by atoms with Crippen molar-refractivity contribution < 1.29 is 9.53 Å². The topological polar surface area (TPSA) is 92.3 Å². The van der Waals surface area contributed by atoms with Crippen LogP contribution in [0.5, 0.6) is 5.75 Å². The second-order valence-corrected chi connectivity index (χ2v) is 7.51. The van der Waals surface area contributed by atoms with E-state index in [-0.39, 0.29) is 11.8 Å². The predicted molar refractivity (Wildman–Crippen MR) is 103 cm³/mol. The first-order valence-corrected chi connectivity index (χ1v) is 9.53. The van der Waals surface area contributed by atoms with Gasteiger partial charge in [0.05, 0.1) is 18.3 Å². The molecule has 2 saturated carbocycles. The Morgan fingerprint density at radius 1 is 1.29 bits per heavy atom. The van der Waals surface area contributed by atoms with Crippen LogP contribution in [0.15, 0.2) is 36.7 Å². The highest BCUT2D eigenvalue weighted by atomic mass is 16.5. The molecule has 0 spiro atoms. The van der Waals surface area contributed by atoms with Gasteiger partial charge in [-0.1, -0.05) is 0 Å². The third kappa shape index (κ3) is 3.41. The lowest BCUT2D eigenvalue weighted by Gasteiger charge is -2.11. The summed E-state index contributed by atoms with van der Waals surface area (Å²) in [6.07, 6.45) is 7.78. The standard InChI is InChI=1S/C21H19N5O2/c22-10-16-8-18(19(11-23-16)28-12-13-1-2-13)15-5-6-26-17(7-15)9-20(25-26)24-21(27)14-3-4-14/h5-9,11,13-14H,1-4,12H2,(H,24,25,27). The molecule has 1 N–H and O–H groups in total. The number of carbonyl (C=O) groups is 1. The van der Waals surface area contributed by atoms with E-state index in [1.807, 2.05) is 24.4 Å². The van der Waals surface area contributed by atoms with Gasteiger partial charge in [-0.3, -0.25) is 4.79 Å². The van der Waals surface area contributed by atoms with Crippen molar-refractivity contribution >= 4 is 17.2 Å². The molecule has 0 unspecified atom stereocenters. The highest BCUT2D eigenvalue weighted by Crippen LogP contribution is 2.35. The lowest BCUT2D eigenvalue weighted by atomic mass is 10.1. The minimum absolute atomic E-state index is 0.0344. The number of hydrogen-bond donors (Lipinski definition) is 1. The highest BCUT2D eigenvalue weighted by Gasteiger charge is 2.30. The molecule has 3 aromatic rings. The Hall–Kier alpha value is -3.40. The van der Waals surface area contributed by atoms with E-state index in [1.165, 1.54) is 12.8 Å². The van der Waals surface area contributed by atoms with Crippen molar-refractivity contribution in [2.24, 2.45) is 11.8 Å². The molecule has 1 amide bonds. The van der Waals surface area contributed by atoms with Crippen molar-refractivity contribution in [3.63, 3.8) is 0 Å². The molecule has 140 valence electrons. The molecule has 2 aliphatic carbocycles. The van der Waals surface area contributed by atoms with Crippen LogP contribution >= 0.6 is 0 Å². The second kappa shape index (κ2) is 6.64. The molecule has 0 radical (unpaired) electrons. The van der Waals surface area contributed by atoms with Crippen LogP contribution < -0.4 is 10.1 Å². The molecule has 3 aromatic heterocycles. The molecule has 28 heavy (non-hydrogen) atoms. The van der Waals surface area contributed by atoms with Gasteiger partial charge >= 0.3 is 0 Å². The van der Waals surface area contributed by atoms with Crippen molar-refractivity contribution in [1.82, 2.24) is 14.6 Å². The fraction of sp³-hybridized carbons (Fsp3) is 0.333. The quantitative estimate of drug-likeness (QED) is 0.715. The van der Waals surface area contributed by atoms with Crippen molar-refractivity contribution in [2.45, 2.75) is 25.7 Å². The van der Waals surface area contributed by atoms with Crippen LogP contribution in [-0.4, -0.2) is 27.1 Å². The van der Waals surface area contributed by atoms with Gasteiger partial charge in [-0.05, 0) is 55.4 Å². The molecule has 3 heterocycles. The summed E-state index contributed by atoms with van der Waals surface area (Å²) in [5.41, 5.74) is 2.95. The van der Waals surface area contributed by atoms with E-state index < -0.39 is 0 Å². The average Bonchev–Trinajstić information content (AvgIpc) is 3.62. The second-order valence-electron chi connectivity index (χ2n) is 7.51. The van der Waals surface area contributed by atoms with E-state index in [9.17, 15) is 10.1 Å². The van der Waals surface area contributed by atoms with Crippen molar-refractivity contribution in [3.05, 3.63) is 42.4 Å². The first-order valence-electron chi connectivity index (χ1n) is 9.53. The summed E-state index contributed by atoms with van der Waals surface area (Å²) in [4.78, 5) is 16.1. The Balaban J connectivity index is 1.47. The summed E-state index contributed by atoms with van der Waals surface area (Å²) < 4.78 is 7.69. The van der Waals surface area contributed by atoms with Crippen molar-refractivity contribution in [2.75, 3.05) is 11.9 Å². The van der Waals surface area contributed by atoms with Gasteiger partial charge in [0, 0.05) is 23.7 Å². The Kier molecular flexibility index (Phi) is 3.97. The van der Waals surface area contributed by atoms with Crippen LogP contribution in [0.2, 0.25) is 0 Å². The molecule has 0 bridgehead atoms. The van der Waals surface area contributed by atoms with E-state index in [0.29, 0.717) is 29.8 Å². The summed E-state index contributed by atoms with van der Waals surface area (Å²) in [7, 11) is 0. The SMILES string of the molecule is N#Cc1cc(-c2ccn3nc(NC(=O)C4CC4)cc3c2)c(OCC2CC2)cn1. The smallest absolute Gasteiger partial charge is 0.228 e. The number of nitrogens with one attached hydrogen (secondary N) is 1. The van der Waals surface area contributed by atoms with E-state index in [4.69, 9.17) is 4.74 Å². The van der Waals surface area contributed by atoms with Gasteiger partial charge < -0.3 is 10.1 Å². The van der Waals surface area contributed by atoms with Crippen molar-refractivity contribution in [3.8, 4) is 22.9 Å². The number of pyridine rings is 2. The molecule has 7 heteroatoms. The minimum atomic E-state index is 0.0344. The summed E-state index contributed by atoms with van der Waals surface area (Å²) in [6, 6.07) is 9.58. The largest absolute Gasteiger partial charge is 0.491 e.